The first-order chi connectivity index (χ1) is 8.48. The van der Waals surface area contributed by atoms with Crippen LogP contribution in [0.1, 0.15) is 46.5 Å². The van der Waals surface area contributed by atoms with Gasteiger partial charge in [0.15, 0.2) is 0 Å². The van der Waals surface area contributed by atoms with Gasteiger partial charge < -0.3 is 10.4 Å². The summed E-state index contributed by atoms with van der Waals surface area (Å²) in [7, 11) is 0. The molecule has 0 aromatic carbocycles. The first-order valence-electron chi connectivity index (χ1n) is 7.56. The Morgan fingerprint density at radius 3 is 2.50 bits per heavy atom. The summed E-state index contributed by atoms with van der Waals surface area (Å²) >= 11 is 0. The predicted molar refractivity (Wildman–Crippen MR) is 75.7 cm³/mol. The van der Waals surface area contributed by atoms with Crippen molar-refractivity contribution in [1.29, 1.82) is 0 Å². The second kappa shape index (κ2) is 5.89. The van der Waals surface area contributed by atoms with Crippen LogP contribution in [0.4, 0.5) is 0 Å². The van der Waals surface area contributed by atoms with Crippen molar-refractivity contribution >= 4 is 0 Å². The molecule has 2 N–H and O–H groups in total. The third-order valence-electron chi connectivity index (χ3n) is 4.09. The van der Waals surface area contributed by atoms with Crippen LogP contribution in [0.15, 0.2) is 0 Å². The van der Waals surface area contributed by atoms with Crippen molar-refractivity contribution in [2.45, 2.75) is 58.5 Å². The Kier molecular flexibility index (Phi) is 4.68. The van der Waals surface area contributed by atoms with Gasteiger partial charge in [0.25, 0.3) is 0 Å². The summed E-state index contributed by atoms with van der Waals surface area (Å²) in [6.45, 7) is 10.7. The van der Waals surface area contributed by atoms with Crippen molar-refractivity contribution in [1.82, 2.24) is 10.2 Å². The molecule has 2 rings (SSSR count). The summed E-state index contributed by atoms with van der Waals surface area (Å²) in [4.78, 5) is 2.66. The molecule has 2 unspecified atom stereocenters. The highest BCUT2D eigenvalue weighted by atomic mass is 16.3. The normalized spacial score (nSPS) is 30.7. The van der Waals surface area contributed by atoms with Gasteiger partial charge in [0.2, 0.25) is 0 Å². The smallest absolute Gasteiger partial charge is 0.0434 e. The Morgan fingerprint density at radius 2 is 1.94 bits per heavy atom. The van der Waals surface area contributed by atoms with E-state index in [0.29, 0.717) is 24.0 Å². The molecule has 0 spiro atoms. The summed E-state index contributed by atoms with van der Waals surface area (Å²) in [5.41, 5.74) is 0.355. The van der Waals surface area contributed by atoms with E-state index in [4.69, 9.17) is 5.11 Å². The molecule has 1 saturated carbocycles. The number of aliphatic hydroxyl groups excluding tert-OH is 1. The lowest BCUT2D eigenvalue weighted by atomic mass is 9.90. The molecule has 0 radical (unpaired) electrons. The van der Waals surface area contributed by atoms with Crippen LogP contribution in [-0.2, 0) is 0 Å². The van der Waals surface area contributed by atoms with E-state index in [2.05, 4.69) is 31.0 Å². The van der Waals surface area contributed by atoms with Crippen LogP contribution < -0.4 is 5.32 Å². The molecule has 3 nitrogen and oxygen atoms in total. The lowest BCUT2D eigenvalue weighted by Crippen LogP contribution is -2.51. The van der Waals surface area contributed by atoms with Gasteiger partial charge in [-0.25, -0.2) is 0 Å². The molecule has 0 aromatic heterocycles. The average Bonchev–Trinajstić information content (AvgIpc) is 3.09. The van der Waals surface area contributed by atoms with E-state index in [0.717, 1.165) is 19.0 Å². The van der Waals surface area contributed by atoms with Crippen molar-refractivity contribution in [2.75, 3.05) is 26.2 Å². The Labute approximate surface area is 112 Å². The molecule has 0 aromatic rings. The van der Waals surface area contributed by atoms with E-state index in [1.54, 1.807) is 0 Å². The van der Waals surface area contributed by atoms with E-state index in [1.165, 1.54) is 32.4 Å². The molecule has 1 aliphatic carbocycles. The minimum Gasteiger partial charge on any atom is -0.396 e. The third-order valence-corrected chi connectivity index (χ3v) is 4.09. The molecule has 2 aliphatic rings. The maximum Gasteiger partial charge on any atom is 0.0434 e. The van der Waals surface area contributed by atoms with Gasteiger partial charge in [-0.3, -0.25) is 4.90 Å². The van der Waals surface area contributed by atoms with Crippen LogP contribution in [0.2, 0.25) is 0 Å². The maximum atomic E-state index is 9.17. The van der Waals surface area contributed by atoms with Gasteiger partial charge in [-0.15, -0.1) is 0 Å². The number of nitrogens with zero attached hydrogens (tertiary/aromatic N) is 1. The molecule has 2 atom stereocenters. The summed E-state index contributed by atoms with van der Waals surface area (Å²) in [5, 5.41) is 12.9. The van der Waals surface area contributed by atoms with Crippen LogP contribution in [-0.4, -0.2) is 48.3 Å². The van der Waals surface area contributed by atoms with Crippen molar-refractivity contribution in [3.05, 3.63) is 0 Å². The minimum absolute atomic E-state index is 0.342. The van der Waals surface area contributed by atoms with Gasteiger partial charge in [-0.05, 0) is 37.0 Å². The number of hydrogen-bond acceptors (Lipinski definition) is 3. The largest absolute Gasteiger partial charge is 0.396 e. The lowest BCUT2D eigenvalue weighted by Gasteiger charge is -2.39. The quantitative estimate of drug-likeness (QED) is 0.786. The Hall–Kier alpha value is -0.120. The average molecular weight is 254 g/mol. The van der Waals surface area contributed by atoms with Crippen LogP contribution in [0, 0.1) is 11.3 Å². The fraction of sp³-hybridized carbons (Fsp3) is 1.00. The van der Waals surface area contributed by atoms with Crippen molar-refractivity contribution < 1.29 is 5.11 Å². The Bertz CT molecular complexity index is 258. The van der Waals surface area contributed by atoms with E-state index >= 15 is 0 Å². The molecular formula is C15H30N2O. The first kappa shape index (κ1) is 14.3. The van der Waals surface area contributed by atoms with E-state index in [-0.39, 0.29) is 0 Å². The molecule has 1 saturated heterocycles. The van der Waals surface area contributed by atoms with Crippen molar-refractivity contribution in [3.8, 4) is 0 Å². The zero-order valence-electron chi connectivity index (χ0n) is 12.3. The number of nitrogens with one attached hydrogen (secondary N) is 1. The van der Waals surface area contributed by atoms with Crippen molar-refractivity contribution in [2.24, 2.45) is 11.3 Å². The van der Waals surface area contributed by atoms with Gasteiger partial charge in [0, 0.05) is 38.3 Å². The number of aliphatic hydroxyl groups is 1. The molecule has 3 heteroatoms. The van der Waals surface area contributed by atoms with Crippen molar-refractivity contribution in [3.63, 3.8) is 0 Å². The van der Waals surface area contributed by atoms with Gasteiger partial charge in [0.1, 0.15) is 0 Å². The third kappa shape index (κ3) is 4.52. The van der Waals surface area contributed by atoms with E-state index in [9.17, 15) is 0 Å². The second-order valence-corrected chi connectivity index (χ2v) is 7.44. The lowest BCUT2D eigenvalue weighted by molar-refractivity contribution is 0.111. The summed E-state index contributed by atoms with van der Waals surface area (Å²) < 4.78 is 0. The summed E-state index contributed by atoms with van der Waals surface area (Å²) in [6, 6.07) is 1.47. The van der Waals surface area contributed by atoms with Crippen LogP contribution in [0.3, 0.4) is 0 Å². The highest BCUT2D eigenvalue weighted by molar-refractivity contribution is 4.92. The van der Waals surface area contributed by atoms with Gasteiger partial charge >= 0.3 is 0 Å². The molecule has 1 aliphatic heterocycles. The maximum absolute atomic E-state index is 9.17. The number of hydrogen-bond donors (Lipinski definition) is 2. The van der Waals surface area contributed by atoms with Crippen LogP contribution >= 0.6 is 0 Å². The highest BCUT2D eigenvalue weighted by Crippen LogP contribution is 2.32. The fourth-order valence-corrected chi connectivity index (χ4v) is 2.97. The Balaban J connectivity index is 1.84. The zero-order chi connectivity index (χ0) is 13.2. The molecule has 2 fully saturated rings. The van der Waals surface area contributed by atoms with Gasteiger partial charge in [-0.2, -0.15) is 0 Å². The van der Waals surface area contributed by atoms with Gasteiger partial charge in [0.05, 0.1) is 0 Å². The molecule has 106 valence electrons. The van der Waals surface area contributed by atoms with E-state index in [1.807, 2.05) is 0 Å². The topological polar surface area (TPSA) is 35.5 Å². The number of likely N-dealkylation sites (tertiary alicyclic amines) is 1. The second-order valence-electron chi connectivity index (χ2n) is 7.44. The monoisotopic (exact) mass is 254 g/mol. The van der Waals surface area contributed by atoms with Crippen LogP contribution in [0.25, 0.3) is 0 Å². The molecule has 0 amide bonds. The standard InChI is InChI=1S/C15H30N2O/c1-15(2,3)11-16-13-8-12(6-7-18)9-17(10-13)14-4-5-14/h12-14,16,18H,4-11H2,1-3H3. The number of piperidine rings is 1. The predicted octanol–water partition coefficient (Wildman–Crippen LogP) is 1.86. The summed E-state index contributed by atoms with van der Waals surface area (Å²) in [5.74, 6) is 0.682. The first-order valence-corrected chi connectivity index (χ1v) is 7.56. The fourth-order valence-electron chi connectivity index (χ4n) is 2.97. The zero-order valence-corrected chi connectivity index (χ0v) is 12.3. The summed E-state index contributed by atoms with van der Waals surface area (Å²) in [6.07, 6.45) is 4.98. The van der Waals surface area contributed by atoms with Gasteiger partial charge in [-0.1, -0.05) is 20.8 Å². The number of rotatable bonds is 5. The molecule has 0 bridgehead atoms. The van der Waals surface area contributed by atoms with E-state index < -0.39 is 0 Å². The Morgan fingerprint density at radius 1 is 1.22 bits per heavy atom. The molecule has 18 heavy (non-hydrogen) atoms. The minimum atomic E-state index is 0.342. The SMILES string of the molecule is CC(C)(C)CNC1CC(CCO)CN(C2CC2)C1. The highest BCUT2D eigenvalue weighted by Gasteiger charge is 2.35. The molecule has 1 heterocycles. The van der Waals surface area contributed by atoms with Crippen LogP contribution in [0.5, 0.6) is 0 Å². The molecular weight excluding hydrogens is 224 g/mol.